The maximum absolute atomic E-state index is 12.9. The third kappa shape index (κ3) is 4.39. The van der Waals surface area contributed by atoms with Gasteiger partial charge in [0, 0.05) is 20.2 Å². The predicted octanol–water partition coefficient (Wildman–Crippen LogP) is 1.25. The fraction of sp³-hybridized carbons (Fsp3) is 0.533. The number of halogens is 2. The van der Waals surface area contributed by atoms with E-state index in [9.17, 15) is 14.3 Å². The van der Waals surface area contributed by atoms with Crippen LogP contribution in [0.2, 0.25) is 0 Å². The number of carbonyl (C=O) groups excluding carboxylic acids is 1. The monoisotopic (exact) mass is 332 g/mol. The highest BCUT2D eigenvalue weighted by Gasteiger charge is 2.30. The highest BCUT2D eigenvalue weighted by Crippen LogP contribution is 2.20. The fourth-order valence-corrected chi connectivity index (χ4v) is 2.53. The minimum absolute atomic E-state index is 0. The predicted molar refractivity (Wildman–Crippen MR) is 83.2 cm³/mol. The van der Waals surface area contributed by atoms with Crippen molar-refractivity contribution in [2.45, 2.75) is 31.1 Å². The van der Waals surface area contributed by atoms with Crippen LogP contribution in [0.25, 0.3) is 0 Å². The third-order valence-electron chi connectivity index (χ3n) is 3.92. The Balaban J connectivity index is 0.00000242. The maximum Gasteiger partial charge on any atom is 0.242 e. The number of hydrogen-bond acceptors (Lipinski definition) is 4. The van der Waals surface area contributed by atoms with Gasteiger partial charge in [0.05, 0.1) is 6.10 Å². The molecule has 124 valence electrons. The van der Waals surface area contributed by atoms with Gasteiger partial charge < -0.3 is 20.5 Å². The van der Waals surface area contributed by atoms with Gasteiger partial charge in [-0.15, -0.1) is 12.4 Å². The lowest BCUT2D eigenvalue weighted by Crippen LogP contribution is -2.50. The number of nitrogens with two attached hydrogens (primary N) is 1. The molecule has 1 fully saturated rings. The fourth-order valence-electron chi connectivity index (χ4n) is 2.53. The molecule has 0 unspecified atom stereocenters. The van der Waals surface area contributed by atoms with Crippen LogP contribution >= 0.6 is 12.4 Å². The quantitative estimate of drug-likeness (QED) is 0.870. The van der Waals surface area contributed by atoms with Crippen LogP contribution in [0.5, 0.6) is 0 Å². The van der Waals surface area contributed by atoms with Crippen molar-refractivity contribution in [3.8, 4) is 0 Å². The number of amides is 1. The highest BCUT2D eigenvalue weighted by atomic mass is 35.5. The lowest BCUT2D eigenvalue weighted by molar-refractivity contribution is -0.137. The summed E-state index contributed by atoms with van der Waals surface area (Å²) in [5.41, 5.74) is 6.30. The van der Waals surface area contributed by atoms with E-state index in [1.165, 1.54) is 24.3 Å². The van der Waals surface area contributed by atoms with E-state index in [0.717, 1.165) is 12.8 Å². The van der Waals surface area contributed by atoms with E-state index in [1.54, 1.807) is 12.0 Å². The number of ether oxygens (including phenoxy) is 1. The third-order valence-corrected chi connectivity index (χ3v) is 3.92. The van der Waals surface area contributed by atoms with Gasteiger partial charge in [0.25, 0.3) is 0 Å². The van der Waals surface area contributed by atoms with Gasteiger partial charge in [0.2, 0.25) is 5.91 Å². The van der Waals surface area contributed by atoms with Crippen molar-refractivity contribution in [1.82, 2.24) is 4.90 Å². The molecule has 1 heterocycles. The van der Waals surface area contributed by atoms with E-state index in [4.69, 9.17) is 10.5 Å². The van der Waals surface area contributed by atoms with Gasteiger partial charge in [-0.3, -0.25) is 4.79 Å². The first-order valence-corrected chi connectivity index (χ1v) is 7.03. The zero-order chi connectivity index (χ0) is 15.4. The molecule has 2 rings (SSSR count). The van der Waals surface area contributed by atoms with Crippen LogP contribution in [0, 0.1) is 5.82 Å². The van der Waals surface area contributed by atoms with Crippen LogP contribution in [-0.2, 0) is 9.53 Å². The molecule has 1 aliphatic heterocycles. The van der Waals surface area contributed by atoms with Gasteiger partial charge in [-0.25, -0.2) is 4.39 Å². The van der Waals surface area contributed by atoms with E-state index >= 15 is 0 Å². The summed E-state index contributed by atoms with van der Waals surface area (Å²) in [6.07, 6.45) is 0.564. The molecule has 1 amide bonds. The second-order valence-corrected chi connectivity index (χ2v) is 5.28. The van der Waals surface area contributed by atoms with Crippen molar-refractivity contribution in [3.05, 3.63) is 35.6 Å². The molecule has 22 heavy (non-hydrogen) atoms. The number of likely N-dealkylation sites (tertiary alicyclic amines) is 1. The lowest BCUT2D eigenvalue weighted by atomic mass is 10.00. The van der Waals surface area contributed by atoms with Crippen molar-refractivity contribution in [3.63, 3.8) is 0 Å². The number of methoxy groups -OCH3 is 1. The second-order valence-electron chi connectivity index (χ2n) is 5.28. The summed E-state index contributed by atoms with van der Waals surface area (Å²) in [4.78, 5) is 13.9. The Hall–Kier alpha value is -1.21. The molecule has 1 aromatic rings. The molecule has 0 spiro atoms. The number of carbonyl (C=O) groups is 1. The zero-order valence-electron chi connectivity index (χ0n) is 12.4. The standard InChI is InChI=1S/C15H21FN2O3.ClH/c1-21-12-6-8-18(9-7-12)15(20)13(17)14(19)10-2-4-11(16)5-3-10;/h2-5,12-14,19H,6-9,17H2,1H3;1H/t13-,14+;/m1./s1. The van der Waals surface area contributed by atoms with Crippen LogP contribution in [0.3, 0.4) is 0 Å². The van der Waals surface area contributed by atoms with E-state index in [2.05, 4.69) is 0 Å². The highest BCUT2D eigenvalue weighted by molar-refractivity contribution is 5.85. The summed E-state index contributed by atoms with van der Waals surface area (Å²) in [5.74, 6) is -0.686. The first-order valence-electron chi connectivity index (χ1n) is 7.03. The van der Waals surface area contributed by atoms with Gasteiger partial charge in [-0.1, -0.05) is 12.1 Å². The topological polar surface area (TPSA) is 75.8 Å². The number of rotatable bonds is 4. The Morgan fingerprint density at radius 2 is 1.91 bits per heavy atom. The lowest BCUT2D eigenvalue weighted by Gasteiger charge is -2.33. The van der Waals surface area contributed by atoms with Crippen LogP contribution in [0.4, 0.5) is 4.39 Å². The van der Waals surface area contributed by atoms with Crippen molar-refractivity contribution in [1.29, 1.82) is 0 Å². The average molecular weight is 333 g/mol. The molecule has 5 nitrogen and oxygen atoms in total. The van der Waals surface area contributed by atoms with Gasteiger partial charge >= 0.3 is 0 Å². The second kappa shape index (κ2) is 8.43. The number of piperidine rings is 1. The number of aliphatic hydroxyl groups excluding tert-OH is 1. The van der Waals surface area contributed by atoms with E-state index in [0.29, 0.717) is 18.7 Å². The Labute approximate surface area is 135 Å². The minimum Gasteiger partial charge on any atom is -0.386 e. The number of nitrogens with zero attached hydrogens (tertiary/aromatic N) is 1. The zero-order valence-corrected chi connectivity index (χ0v) is 13.3. The maximum atomic E-state index is 12.9. The summed E-state index contributed by atoms with van der Waals surface area (Å²) in [7, 11) is 1.66. The van der Waals surface area contributed by atoms with Gasteiger partial charge in [0.1, 0.15) is 18.0 Å². The van der Waals surface area contributed by atoms with Crippen LogP contribution in [0.15, 0.2) is 24.3 Å². The van der Waals surface area contributed by atoms with E-state index < -0.39 is 18.0 Å². The summed E-state index contributed by atoms with van der Waals surface area (Å²) < 4.78 is 18.1. The molecule has 0 saturated carbocycles. The van der Waals surface area contributed by atoms with Crippen molar-refractivity contribution >= 4 is 18.3 Å². The van der Waals surface area contributed by atoms with Crippen LogP contribution < -0.4 is 5.73 Å². The Morgan fingerprint density at radius 3 is 2.41 bits per heavy atom. The molecule has 0 aromatic heterocycles. The molecule has 0 radical (unpaired) electrons. The molecular formula is C15H22ClFN2O3. The van der Waals surface area contributed by atoms with Crippen LogP contribution in [-0.4, -0.2) is 48.3 Å². The normalized spacial score (nSPS) is 18.5. The first kappa shape index (κ1) is 18.8. The summed E-state index contributed by atoms with van der Waals surface area (Å²) in [5, 5.41) is 10.2. The summed E-state index contributed by atoms with van der Waals surface area (Å²) in [6.45, 7) is 1.14. The average Bonchev–Trinajstić information content (AvgIpc) is 2.53. The van der Waals surface area contributed by atoms with E-state index in [1.807, 2.05) is 0 Å². The van der Waals surface area contributed by atoms with Gasteiger partial charge in [-0.2, -0.15) is 0 Å². The largest absolute Gasteiger partial charge is 0.386 e. The van der Waals surface area contributed by atoms with E-state index in [-0.39, 0.29) is 24.4 Å². The van der Waals surface area contributed by atoms with Crippen molar-refractivity contribution < 1.29 is 19.0 Å². The number of aliphatic hydroxyl groups is 1. The Morgan fingerprint density at radius 1 is 1.36 bits per heavy atom. The molecule has 0 bridgehead atoms. The minimum atomic E-state index is -1.14. The molecule has 1 aromatic carbocycles. The van der Waals surface area contributed by atoms with Gasteiger partial charge in [-0.05, 0) is 30.5 Å². The SMILES string of the molecule is COC1CCN(C(=O)[C@H](N)[C@@H](O)c2ccc(F)cc2)CC1.Cl. The molecular weight excluding hydrogens is 311 g/mol. The summed E-state index contributed by atoms with van der Waals surface area (Å²) in [6, 6.07) is 4.29. The van der Waals surface area contributed by atoms with Crippen LogP contribution in [0.1, 0.15) is 24.5 Å². The molecule has 1 saturated heterocycles. The Bertz CT molecular complexity index is 478. The molecule has 2 atom stereocenters. The summed E-state index contributed by atoms with van der Waals surface area (Å²) >= 11 is 0. The van der Waals surface area contributed by atoms with Gasteiger partial charge in [0.15, 0.2) is 0 Å². The molecule has 3 N–H and O–H groups in total. The number of benzene rings is 1. The molecule has 7 heteroatoms. The number of hydrogen-bond donors (Lipinski definition) is 2. The van der Waals surface area contributed by atoms with Crippen molar-refractivity contribution in [2.24, 2.45) is 5.73 Å². The molecule has 0 aliphatic carbocycles. The smallest absolute Gasteiger partial charge is 0.242 e. The van der Waals surface area contributed by atoms with Crippen molar-refractivity contribution in [2.75, 3.05) is 20.2 Å². The molecule has 1 aliphatic rings. The Kier molecular flexibility index (Phi) is 7.22. The first-order chi connectivity index (χ1) is 10.0.